The van der Waals surface area contributed by atoms with E-state index >= 15 is 0 Å². The molecule has 4 nitrogen and oxygen atoms in total. The van der Waals surface area contributed by atoms with Crippen LogP contribution in [0.1, 0.15) is 31.0 Å². The van der Waals surface area contributed by atoms with Crippen molar-refractivity contribution in [2.45, 2.75) is 26.7 Å². The molecular weight excluding hydrogens is 331 g/mol. The number of fused-ring (bicyclic) bond motifs is 1. The van der Waals surface area contributed by atoms with E-state index in [-0.39, 0.29) is 5.92 Å². The van der Waals surface area contributed by atoms with Crippen LogP contribution in [-0.4, -0.2) is 9.38 Å². The topological polar surface area (TPSA) is 42.0 Å². The Labute approximate surface area is 144 Å². The molecule has 2 heterocycles. The van der Waals surface area contributed by atoms with Crippen LogP contribution in [0.3, 0.4) is 0 Å². The number of benzene rings is 1. The Morgan fingerprint density at radius 3 is 2.61 bits per heavy atom. The van der Waals surface area contributed by atoms with Gasteiger partial charge in [0.25, 0.3) is 0 Å². The summed E-state index contributed by atoms with van der Waals surface area (Å²) in [6.45, 7) is 6.21. The summed E-state index contributed by atoms with van der Waals surface area (Å²) >= 11 is 12.1. The van der Waals surface area contributed by atoms with Gasteiger partial charge >= 0.3 is 0 Å². The molecule has 23 heavy (non-hydrogen) atoms. The van der Waals surface area contributed by atoms with Crippen LogP contribution in [0.4, 0.5) is 11.5 Å². The smallest absolute Gasteiger partial charge is 0.183 e. The number of azo groups is 1. The first kappa shape index (κ1) is 16.0. The number of hydrogen-bond acceptors (Lipinski definition) is 3. The molecule has 0 unspecified atom stereocenters. The Morgan fingerprint density at radius 2 is 1.87 bits per heavy atom. The lowest BCUT2D eigenvalue weighted by Crippen LogP contribution is -1.87. The number of imidazole rings is 1. The van der Waals surface area contributed by atoms with Crippen molar-refractivity contribution in [3.63, 3.8) is 0 Å². The zero-order valence-electron chi connectivity index (χ0n) is 13.1. The van der Waals surface area contributed by atoms with Gasteiger partial charge in [-0.2, -0.15) is 0 Å². The summed E-state index contributed by atoms with van der Waals surface area (Å²) in [6.07, 6.45) is 1.96. The van der Waals surface area contributed by atoms with Gasteiger partial charge in [0, 0.05) is 11.2 Å². The van der Waals surface area contributed by atoms with E-state index in [1.807, 2.05) is 29.7 Å². The SMILES string of the molecule is Cc1ccn2c(N=Nc3cc(Cl)ccc3Cl)c(C(C)C)nc2c1. The molecule has 3 aromatic rings. The minimum Gasteiger partial charge on any atom is -0.283 e. The molecule has 0 saturated carbocycles. The van der Waals surface area contributed by atoms with E-state index in [1.165, 1.54) is 0 Å². The predicted molar refractivity (Wildman–Crippen MR) is 94.7 cm³/mol. The maximum absolute atomic E-state index is 6.14. The van der Waals surface area contributed by atoms with Gasteiger partial charge in [0.15, 0.2) is 5.82 Å². The lowest BCUT2D eigenvalue weighted by Gasteiger charge is -2.02. The van der Waals surface area contributed by atoms with Crippen molar-refractivity contribution in [2.24, 2.45) is 10.2 Å². The van der Waals surface area contributed by atoms with E-state index in [1.54, 1.807) is 18.2 Å². The third-order valence-corrected chi connectivity index (χ3v) is 4.04. The van der Waals surface area contributed by atoms with Gasteiger partial charge in [-0.15, -0.1) is 10.2 Å². The van der Waals surface area contributed by atoms with Crippen molar-refractivity contribution < 1.29 is 0 Å². The first-order chi connectivity index (χ1) is 11.0. The van der Waals surface area contributed by atoms with Gasteiger partial charge in [-0.05, 0) is 48.7 Å². The molecule has 0 aliphatic heterocycles. The average molecular weight is 347 g/mol. The fraction of sp³-hybridized carbons (Fsp3) is 0.235. The molecule has 0 amide bonds. The summed E-state index contributed by atoms with van der Waals surface area (Å²) in [7, 11) is 0. The van der Waals surface area contributed by atoms with Crippen LogP contribution >= 0.6 is 23.2 Å². The normalized spacial score (nSPS) is 11.9. The van der Waals surface area contributed by atoms with E-state index in [0.29, 0.717) is 21.6 Å². The van der Waals surface area contributed by atoms with Gasteiger partial charge in [-0.25, -0.2) is 4.98 Å². The minimum atomic E-state index is 0.235. The quantitative estimate of drug-likeness (QED) is 0.499. The van der Waals surface area contributed by atoms with Crippen LogP contribution in [0.15, 0.2) is 46.8 Å². The third kappa shape index (κ3) is 3.23. The van der Waals surface area contributed by atoms with E-state index in [2.05, 4.69) is 29.1 Å². The number of aryl methyl sites for hydroxylation is 1. The maximum atomic E-state index is 6.14. The lowest BCUT2D eigenvalue weighted by molar-refractivity contribution is 0.831. The summed E-state index contributed by atoms with van der Waals surface area (Å²) in [4.78, 5) is 4.68. The van der Waals surface area contributed by atoms with E-state index in [9.17, 15) is 0 Å². The van der Waals surface area contributed by atoms with Crippen LogP contribution in [0, 0.1) is 6.92 Å². The predicted octanol–water partition coefficient (Wildman–Crippen LogP) is 6.49. The second kappa shape index (κ2) is 6.30. The fourth-order valence-corrected chi connectivity index (χ4v) is 2.62. The monoisotopic (exact) mass is 346 g/mol. The number of hydrogen-bond donors (Lipinski definition) is 0. The number of nitrogens with zero attached hydrogens (tertiary/aromatic N) is 4. The van der Waals surface area contributed by atoms with Crippen LogP contribution in [0.25, 0.3) is 5.65 Å². The molecule has 2 aromatic heterocycles. The first-order valence-corrected chi connectivity index (χ1v) is 8.06. The number of pyridine rings is 1. The second-order valence-corrected chi connectivity index (χ2v) is 6.55. The van der Waals surface area contributed by atoms with Crippen molar-refractivity contribution >= 4 is 40.4 Å². The zero-order valence-corrected chi connectivity index (χ0v) is 14.6. The molecule has 1 aromatic carbocycles. The number of rotatable bonds is 3. The highest BCUT2D eigenvalue weighted by Crippen LogP contribution is 2.32. The van der Waals surface area contributed by atoms with Gasteiger partial charge in [-0.3, -0.25) is 4.40 Å². The highest BCUT2D eigenvalue weighted by Gasteiger charge is 2.15. The molecule has 6 heteroatoms. The molecule has 0 saturated heterocycles. The molecule has 0 N–H and O–H groups in total. The molecular formula is C17H16Cl2N4. The highest BCUT2D eigenvalue weighted by molar-refractivity contribution is 6.35. The van der Waals surface area contributed by atoms with Crippen molar-refractivity contribution in [3.05, 3.63) is 57.8 Å². The maximum Gasteiger partial charge on any atom is 0.183 e. The molecule has 0 fully saturated rings. The molecule has 0 spiro atoms. The van der Waals surface area contributed by atoms with E-state index in [0.717, 1.165) is 16.9 Å². The Hall–Kier alpha value is -1.91. The first-order valence-electron chi connectivity index (χ1n) is 7.31. The summed E-state index contributed by atoms with van der Waals surface area (Å²) in [5, 5.41) is 9.75. The lowest BCUT2D eigenvalue weighted by atomic mass is 10.1. The summed E-state index contributed by atoms with van der Waals surface area (Å²) in [5.74, 6) is 0.949. The van der Waals surface area contributed by atoms with Crippen molar-refractivity contribution in [1.82, 2.24) is 9.38 Å². The molecule has 0 aliphatic rings. The van der Waals surface area contributed by atoms with Gasteiger partial charge in [0.05, 0.1) is 10.7 Å². The third-order valence-electron chi connectivity index (χ3n) is 3.49. The fourth-order valence-electron chi connectivity index (χ4n) is 2.30. The Balaban J connectivity index is 2.13. The van der Waals surface area contributed by atoms with Gasteiger partial charge in [0.2, 0.25) is 0 Å². The Bertz CT molecular complexity index is 897. The van der Waals surface area contributed by atoms with Crippen molar-refractivity contribution in [3.8, 4) is 0 Å². The number of halogens is 2. The molecule has 118 valence electrons. The van der Waals surface area contributed by atoms with Crippen LogP contribution in [0.2, 0.25) is 10.0 Å². The van der Waals surface area contributed by atoms with Crippen LogP contribution in [-0.2, 0) is 0 Å². The summed E-state index contributed by atoms with van der Waals surface area (Å²) in [5.41, 5.74) is 3.45. The summed E-state index contributed by atoms with van der Waals surface area (Å²) in [6, 6.07) is 9.16. The second-order valence-electron chi connectivity index (χ2n) is 5.70. The Kier molecular flexibility index (Phi) is 4.37. The van der Waals surface area contributed by atoms with Crippen molar-refractivity contribution in [2.75, 3.05) is 0 Å². The molecule has 0 radical (unpaired) electrons. The zero-order chi connectivity index (χ0) is 16.6. The average Bonchev–Trinajstić information content (AvgIpc) is 2.86. The van der Waals surface area contributed by atoms with Gasteiger partial charge in [0.1, 0.15) is 11.3 Å². The van der Waals surface area contributed by atoms with Crippen molar-refractivity contribution in [1.29, 1.82) is 0 Å². The van der Waals surface area contributed by atoms with Gasteiger partial charge in [-0.1, -0.05) is 37.0 Å². The number of aromatic nitrogens is 2. The minimum absolute atomic E-state index is 0.235. The molecule has 0 aliphatic carbocycles. The largest absolute Gasteiger partial charge is 0.283 e. The highest BCUT2D eigenvalue weighted by atomic mass is 35.5. The summed E-state index contributed by atoms with van der Waals surface area (Å²) < 4.78 is 1.93. The van der Waals surface area contributed by atoms with Crippen LogP contribution < -0.4 is 0 Å². The molecule has 0 atom stereocenters. The van der Waals surface area contributed by atoms with Gasteiger partial charge < -0.3 is 0 Å². The standard InChI is InChI=1S/C17H16Cl2N4/c1-10(2)16-17(23-7-6-11(3)8-15(23)20-16)22-21-14-9-12(18)4-5-13(14)19/h4-10H,1-3H3. The van der Waals surface area contributed by atoms with Crippen LogP contribution in [0.5, 0.6) is 0 Å². The van der Waals surface area contributed by atoms with E-state index in [4.69, 9.17) is 23.2 Å². The molecule has 3 rings (SSSR count). The van der Waals surface area contributed by atoms with E-state index < -0.39 is 0 Å². The molecule has 0 bridgehead atoms. The Morgan fingerprint density at radius 1 is 1.09 bits per heavy atom.